The molecule has 0 bridgehead atoms. The number of hydrogen-bond donors (Lipinski definition) is 1. The number of likely N-dealkylation sites (tertiary alicyclic amines) is 1. The van der Waals surface area contributed by atoms with Crippen LogP contribution in [0.3, 0.4) is 0 Å². The van der Waals surface area contributed by atoms with E-state index in [4.69, 9.17) is 5.11 Å². The molecule has 0 aromatic carbocycles. The number of amides is 1. The number of nitrogens with zero attached hydrogens (tertiary/aromatic N) is 2. The van der Waals surface area contributed by atoms with Crippen molar-refractivity contribution in [2.24, 2.45) is 0 Å². The molecule has 0 unspecified atom stereocenters. The molecule has 1 amide bonds. The molecule has 2 rings (SSSR count). The number of carbonyl (C=O) groups is 2. The normalized spacial score (nSPS) is 21.7. The fourth-order valence-corrected chi connectivity index (χ4v) is 2.71. The average molecular weight is 266 g/mol. The quantitative estimate of drug-likeness (QED) is 0.831. The third kappa shape index (κ3) is 4.06. The molecule has 1 fully saturated rings. The van der Waals surface area contributed by atoms with Crippen molar-refractivity contribution in [1.82, 2.24) is 9.80 Å². The Morgan fingerprint density at radius 3 is 2.42 bits per heavy atom. The summed E-state index contributed by atoms with van der Waals surface area (Å²) in [5.74, 6) is -0.722. The van der Waals surface area contributed by atoms with Crippen molar-refractivity contribution >= 4 is 11.9 Å². The van der Waals surface area contributed by atoms with Crippen LogP contribution in [0.1, 0.15) is 32.1 Å². The second-order valence-corrected chi connectivity index (χ2v) is 5.33. The Kier molecular flexibility index (Phi) is 4.96. The van der Waals surface area contributed by atoms with Crippen LogP contribution in [0.2, 0.25) is 0 Å². The molecule has 2 aliphatic heterocycles. The second-order valence-electron chi connectivity index (χ2n) is 5.33. The Morgan fingerprint density at radius 2 is 1.79 bits per heavy atom. The van der Waals surface area contributed by atoms with Gasteiger partial charge in [0.15, 0.2) is 0 Å². The van der Waals surface area contributed by atoms with Gasteiger partial charge in [0.2, 0.25) is 5.91 Å². The van der Waals surface area contributed by atoms with Crippen molar-refractivity contribution in [3.05, 3.63) is 11.6 Å². The van der Waals surface area contributed by atoms with Crippen molar-refractivity contribution in [2.45, 2.75) is 32.1 Å². The van der Waals surface area contributed by atoms with Gasteiger partial charge in [-0.25, -0.2) is 4.79 Å². The maximum absolute atomic E-state index is 12.2. The highest BCUT2D eigenvalue weighted by molar-refractivity contribution is 5.87. The fraction of sp³-hybridized carbons (Fsp3) is 0.714. The Labute approximate surface area is 113 Å². The zero-order chi connectivity index (χ0) is 13.7. The Balaban J connectivity index is 1.85. The van der Waals surface area contributed by atoms with Gasteiger partial charge in [0, 0.05) is 31.8 Å². The summed E-state index contributed by atoms with van der Waals surface area (Å²) in [7, 11) is 0. The lowest BCUT2D eigenvalue weighted by molar-refractivity contribution is -0.135. The summed E-state index contributed by atoms with van der Waals surface area (Å²) in [5.41, 5.74) is 0.412. The maximum Gasteiger partial charge on any atom is 0.332 e. The van der Waals surface area contributed by atoms with Crippen LogP contribution >= 0.6 is 0 Å². The summed E-state index contributed by atoms with van der Waals surface area (Å²) in [6.07, 6.45) is 7.07. The first-order valence-electron chi connectivity index (χ1n) is 7.09. The van der Waals surface area contributed by atoms with Crippen molar-refractivity contribution in [3.63, 3.8) is 0 Å². The first-order valence-corrected chi connectivity index (χ1v) is 7.09. The molecule has 0 saturated carbocycles. The maximum atomic E-state index is 12.2. The fourth-order valence-electron chi connectivity index (χ4n) is 2.71. The van der Waals surface area contributed by atoms with Gasteiger partial charge >= 0.3 is 5.97 Å². The SMILES string of the molecule is O=C(O)C1=CCCN(CC(=O)N2CCCCCC2)C1. The van der Waals surface area contributed by atoms with Crippen molar-refractivity contribution in [1.29, 1.82) is 0 Å². The van der Waals surface area contributed by atoms with E-state index in [1.807, 2.05) is 9.80 Å². The van der Waals surface area contributed by atoms with Crippen molar-refractivity contribution < 1.29 is 14.7 Å². The van der Waals surface area contributed by atoms with Gasteiger partial charge in [-0.05, 0) is 19.3 Å². The predicted molar refractivity (Wildman–Crippen MR) is 71.8 cm³/mol. The number of carboxylic acid groups (broad SMARTS) is 1. The lowest BCUT2D eigenvalue weighted by atomic mass is 10.1. The molecule has 0 aliphatic carbocycles. The topological polar surface area (TPSA) is 60.9 Å². The Bertz CT molecular complexity index is 371. The van der Waals surface area contributed by atoms with Crippen LogP contribution in [0.25, 0.3) is 0 Å². The molecule has 0 radical (unpaired) electrons. The summed E-state index contributed by atoms with van der Waals surface area (Å²) in [4.78, 5) is 27.0. The monoisotopic (exact) mass is 266 g/mol. The number of hydrogen-bond acceptors (Lipinski definition) is 3. The zero-order valence-electron chi connectivity index (χ0n) is 11.3. The molecular weight excluding hydrogens is 244 g/mol. The second kappa shape index (κ2) is 6.70. The number of rotatable bonds is 3. The minimum absolute atomic E-state index is 0.147. The molecule has 106 valence electrons. The van der Waals surface area contributed by atoms with Crippen LogP contribution in [0, 0.1) is 0 Å². The lowest BCUT2D eigenvalue weighted by Gasteiger charge is -2.28. The molecular formula is C14H22N2O3. The molecule has 19 heavy (non-hydrogen) atoms. The molecule has 2 aliphatic rings. The van der Waals surface area contributed by atoms with Gasteiger partial charge in [-0.15, -0.1) is 0 Å². The number of carboxylic acids is 1. The van der Waals surface area contributed by atoms with Crippen LogP contribution in [-0.2, 0) is 9.59 Å². The smallest absolute Gasteiger partial charge is 0.332 e. The molecule has 0 aromatic heterocycles. The highest BCUT2D eigenvalue weighted by Crippen LogP contribution is 2.13. The third-order valence-electron chi connectivity index (χ3n) is 3.82. The first-order chi connectivity index (χ1) is 9.16. The van der Waals surface area contributed by atoms with Gasteiger partial charge in [0.05, 0.1) is 6.54 Å². The molecule has 0 atom stereocenters. The summed E-state index contributed by atoms with van der Waals surface area (Å²) < 4.78 is 0. The van der Waals surface area contributed by atoms with Gasteiger partial charge in [-0.1, -0.05) is 18.9 Å². The number of aliphatic carboxylic acids is 1. The molecule has 5 nitrogen and oxygen atoms in total. The minimum atomic E-state index is -0.869. The summed E-state index contributed by atoms with van der Waals surface area (Å²) in [6, 6.07) is 0. The van der Waals surface area contributed by atoms with E-state index < -0.39 is 5.97 Å². The van der Waals surface area contributed by atoms with Crippen LogP contribution in [0.4, 0.5) is 0 Å². The van der Waals surface area contributed by atoms with Gasteiger partial charge in [0.1, 0.15) is 0 Å². The standard InChI is InChI=1S/C14H22N2O3/c17-13(16-8-3-1-2-4-9-16)11-15-7-5-6-12(10-15)14(18)19/h6H,1-5,7-11H2,(H,18,19). The molecule has 1 N–H and O–H groups in total. The number of carbonyl (C=O) groups excluding carboxylic acids is 1. The van der Waals surface area contributed by atoms with E-state index in [0.29, 0.717) is 18.7 Å². The van der Waals surface area contributed by atoms with E-state index in [0.717, 1.165) is 38.9 Å². The van der Waals surface area contributed by atoms with E-state index in [1.165, 1.54) is 12.8 Å². The van der Waals surface area contributed by atoms with Crippen LogP contribution in [0.5, 0.6) is 0 Å². The molecule has 5 heteroatoms. The predicted octanol–water partition coefficient (Wildman–Crippen LogP) is 1.11. The largest absolute Gasteiger partial charge is 0.478 e. The van der Waals surface area contributed by atoms with Crippen molar-refractivity contribution in [2.75, 3.05) is 32.7 Å². The van der Waals surface area contributed by atoms with E-state index in [2.05, 4.69) is 0 Å². The summed E-state index contributed by atoms with van der Waals surface area (Å²) >= 11 is 0. The lowest BCUT2D eigenvalue weighted by Crippen LogP contribution is -2.43. The average Bonchev–Trinajstić information content (AvgIpc) is 2.68. The molecule has 0 aromatic rings. The zero-order valence-corrected chi connectivity index (χ0v) is 11.3. The van der Waals surface area contributed by atoms with E-state index in [-0.39, 0.29) is 5.91 Å². The highest BCUT2D eigenvalue weighted by Gasteiger charge is 2.22. The Morgan fingerprint density at radius 1 is 1.11 bits per heavy atom. The molecule has 2 heterocycles. The summed E-state index contributed by atoms with van der Waals surface area (Å²) in [5, 5.41) is 8.99. The van der Waals surface area contributed by atoms with Crippen LogP contribution < -0.4 is 0 Å². The van der Waals surface area contributed by atoms with Crippen LogP contribution in [-0.4, -0.2) is 59.5 Å². The minimum Gasteiger partial charge on any atom is -0.478 e. The summed E-state index contributed by atoms with van der Waals surface area (Å²) in [6.45, 7) is 3.22. The Hall–Kier alpha value is -1.36. The van der Waals surface area contributed by atoms with Gasteiger partial charge < -0.3 is 10.0 Å². The molecule has 0 spiro atoms. The van der Waals surface area contributed by atoms with E-state index >= 15 is 0 Å². The third-order valence-corrected chi connectivity index (χ3v) is 3.82. The first kappa shape index (κ1) is 14.1. The van der Waals surface area contributed by atoms with Crippen LogP contribution in [0.15, 0.2) is 11.6 Å². The van der Waals surface area contributed by atoms with E-state index in [1.54, 1.807) is 6.08 Å². The van der Waals surface area contributed by atoms with E-state index in [9.17, 15) is 9.59 Å². The van der Waals surface area contributed by atoms with Crippen molar-refractivity contribution in [3.8, 4) is 0 Å². The van der Waals surface area contributed by atoms with Gasteiger partial charge in [-0.2, -0.15) is 0 Å². The highest BCUT2D eigenvalue weighted by atomic mass is 16.4. The molecule has 1 saturated heterocycles. The van der Waals surface area contributed by atoms with Gasteiger partial charge in [-0.3, -0.25) is 9.69 Å². The van der Waals surface area contributed by atoms with Gasteiger partial charge in [0.25, 0.3) is 0 Å².